The van der Waals surface area contributed by atoms with Crippen LogP contribution in [-0.4, -0.2) is 40.5 Å². The fourth-order valence-electron chi connectivity index (χ4n) is 4.26. The maximum atomic E-state index is 14.3. The first-order chi connectivity index (χ1) is 17.7. The van der Waals surface area contributed by atoms with E-state index in [2.05, 4.69) is 10.6 Å². The van der Waals surface area contributed by atoms with Gasteiger partial charge in [0.05, 0.1) is 0 Å². The summed E-state index contributed by atoms with van der Waals surface area (Å²) in [5.74, 6) is -0.815. The van der Waals surface area contributed by atoms with Crippen molar-refractivity contribution in [2.75, 3.05) is 0 Å². The molecule has 38 heavy (non-hydrogen) atoms. The Hall–Kier alpha value is -3.35. The van der Waals surface area contributed by atoms with Gasteiger partial charge in [0.2, 0.25) is 11.8 Å². The van der Waals surface area contributed by atoms with E-state index in [9.17, 15) is 14.4 Å². The van der Waals surface area contributed by atoms with E-state index in [-0.39, 0.29) is 23.8 Å². The Labute approximate surface area is 228 Å². The number of nitrogens with one attached hydrogen (secondary N) is 2. The van der Waals surface area contributed by atoms with Gasteiger partial charge in [0.1, 0.15) is 17.7 Å². The number of carbonyl (C=O) groups excluding carboxylic acids is 3. The molecule has 0 heterocycles. The predicted octanol–water partition coefficient (Wildman–Crippen LogP) is 5.84. The van der Waals surface area contributed by atoms with Gasteiger partial charge in [-0.05, 0) is 70.6 Å². The van der Waals surface area contributed by atoms with E-state index < -0.39 is 23.8 Å². The number of aryl methyl sites for hydroxylation is 2. The molecular formula is C31H45N3O4. The standard InChI is InChI=1S/C31H45N3O4/c1-10-23(6)34(29(36)26(20(2)3)33-30(37)38-31(7,8)9)27(25-18-21(4)16-17-22(25)5)28(35)32-19-24-14-12-11-13-15-24/h11-18,20,23,26-27H,10,19H2,1-9H3,(H,32,35)(H,33,37). The number of nitrogens with zero attached hydrogens (tertiary/aromatic N) is 1. The lowest BCUT2D eigenvalue weighted by Crippen LogP contribution is -2.57. The lowest BCUT2D eigenvalue weighted by Gasteiger charge is -2.39. The zero-order valence-electron chi connectivity index (χ0n) is 24.4. The predicted molar refractivity (Wildman–Crippen MR) is 152 cm³/mol. The van der Waals surface area contributed by atoms with Crippen molar-refractivity contribution in [1.82, 2.24) is 15.5 Å². The minimum absolute atomic E-state index is 0.229. The van der Waals surface area contributed by atoms with E-state index in [1.807, 2.05) is 90.1 Å². The number of rotatable bonds is 10. The molecule has 7 heteroatoms. The third-order valence-electron chi connectivity index (χ3n) is 6.49. The molecule has 0 aliphatic heterocycles. The maximum absolute atomic E-state index is 14.3. The fraction of sp³-hybridized carbons (Fsp3) is 0.516. The minimum Gasteiger partial charge on any atom is -0.444 e. The number of benzene rings is 2. The molecule has 0 radical (unpaired) electrons. The van der Waals surface area contributed by atoms with Crippen molar-refractivity contribution in [3.63, 3.8) is 0 Å². The summed E-state index contributed by atoms with van der Waals surface area (Å²) in [5, 5.41) is 5.83. The van der Waals surface area contributed by atoms with Gasteiger partial charge < -0.3 is 20.3 Å². The van der Waals surface area contributed by atoms with Gasteiger partial charge in [0.25, 0.3) is 0 Å². The van der Waals surface area contributed by atoms with Gasteiger partial charge in [-0.2, -0.15) is 0 Å². The normalized spacial score (nSPS) is 13.8. The Morgan fingerprint density at radius 3 is 2.16 bits per heavy atom. The molecule has 3 atom stereocenters. The molecule has 0 bridgehead atoms. The van der Waals surface area contributed by atoms with Gasteiger partial charge in [-0.3, -0.25) is 9.59 Å². The molecule has 208 valence electrons. The number of amides is 3. The van der Waals surface area contributed by atoms with Crippen LogP contribution in [0.1, 0.15) is 83.2 Å². The van der Waals surface area contributed by atoms with Crippen molar-refractivity contribution in [3.05, 3.63) is 70.8 Å². The lowest BCUT2D eigenvalue weighted by molar-refractivity contribution is -0.146. The van der Waals surface area contributed by atoms with Crippen LogP contribution in [0.5, 0.6) is 0 Å². The SMILES string of the molecule is CCC(C)N(C(=O)C(NC(=O)OC(C)(C)C)C(C)C)C(C(=O)NCc1ccccc1)c1cc(C)ccc1C. The molecule has 2 rings (SSSR count). The van der Waals surface area contributed by atoms with Gasteiger partial charge in [-0.15, -0.1) is 0 Å². The summed E-state index contributed by atoms with van der Waals surface area (Å²) in [6, 6.07) is 13.6. The van der Waals surface area contributed by atoms with Gasteiger partial charge in [0.15, 0.2) is 0 Å². The summed E-state index contributed by atoms with van der Waals surface area (Å²) in [6.45, 7) is 17.3. The number of hydrogen-bond donors (Lipinski definition) is 2. The van der Waals surface area contributed by atoms with Crippen LogP contribution >= 0.6 is 0 Å². The highest BCUT2D eigenvalue weighted by Gasteiger charge is 2.40. The van der Waals surface area contributed by atoms with Crippen molar-refractivity contribution in [2.45, 2.75) is 99.0 Å². The Morgan fingerprint density at radius 2 is 1.61 bits per heavy atom. The molecule has 0 aliphatic rings. The van der Waals surface area contributed by atoms with Crippen molar-refractivity contribution in [2.24, 2.45) is 5.92 Å². The highest BCUT2D eigenvalue weighted by molar-refractivity contribution is 5.92. The summed E-state index contributed by atoms with van der Waals surface area (Å²) in [6.07, 6.45) is -0.0264. The molecule has 7 nitrogen and oxygen atoms in total. The van der Waals surface area contributed by atoms with Crippen molar-refractivity contribution in [3.8, 4) is 0 Å². The number of carbonyl (C=O) groups is 3. The summed E-state index contributed by atoms with van der Waals surface area (Å²) < 4.78 is 5.45. The molecule has 2 aromatic carbocycles. The fourth-order valence-corrected chi connectivity index (χ4v) is 4.26. The second-order valence-corrected chi connectivity index (χ2v) is 11.3. The summed E-state index contributed by atoms with van der Waals surface area (Å²) in [7, 11) is 0. The first-order valence-electron chi connectivity index (χ1n) is 13.5. The van der Waals surface area contributed by atoms with Gasteiger partial charge in [-0.1, -0.05) is 74.9 Å². The van der Waals surface area contributed by atoms with E-state index >= 15 is 0 Å². The summed E-state index contributed by atoms with van der Waals surface area (Å²) in [4.78, 5) is 42.5. The second-order valence-electron chi connectivity index (χ2n) is 11.3. The minimum atomic E-state index is -0.872. The van der Waals surface area contributed by atoms with Gasteiger partial charge >= 0.3 is 6.09 Å². The van der Waals surface area contributed by atoms with Crippen LogP contribution in [0.25, 0.3) is 0 Å². The highest BCUT2D eigenvalue weighted by Crippen LogP contribution is 2.30. The van der Waals surface area contributed by atoms with Crippen LogP contribution in [0, 0.1) is 19.8 Å². The Morgan fingerprint density at radius 1 is 0.974 bits per heavy atom. The molecule has 3 unspecified atom stereocenters. The lowest BCUT2D eigenvalue weighted by atomic mass is 9.93. The molecule has 0 spiro atoms. The Bertz CT molecular complexity index is 1090. The van der Waals surface area contributed by atoms with E-state index in [1.165, 1.54) is 0 Å². The average molecular weight is 524 g/mol. The molecule has 2 aromatic rings. The van der Waals surface area contributed by atoms with Crippen LogP contribution < -0.4 is 10.6 Å². The monoisotopic (exact) mass is 523 g/mol. The van der Waals surface area contributed by atoms with Crippen LogP contribution in [0.15, 0.2) is 48.5 Å². The molecular weight excluding hydrogens is 478 g/mol. The molecule has 0 fully saturated rings. The topological polar surface area (TPSA) is 87.7 Å². The van der Waals surface area contributed by atoms with Gasteiger partial charge in [-0.25, -0.2) is 4.79 Å². The first-order valence-corrected chi connectivity index (χ1v) is 13.5. The van der Waals surface area contributed by atoms with E-state index in [1.54, 1.807) is 25.7 Å². The van der Waals surface area contributed by atoms with E-state index in [4.69, 9.17) is 4.74 Å². The quantitative estimate of drug-likeness (QED) is 0.410. The third-order valence-corrected chi connectivity index (χ3v) is 6.49. The van der Waals surface area contributed by atoms with Crippen LogP contribution in [0.4, 0.5) is 4.79 Å². The Kier molecular flexibility index (Phi) is 10.9. The summed E-state index contributed by atoms with van der Waals surface area (Å²) in [5.41, 5.74) is 2.94. The first kappa shape index (κ1) is 30.9. The average Bonchev–Trinajstić information content (AvgIpc) is 2.84. The molecule has 3 amide bonds. The smallest absolute Gasteiger partial charge is 0.408 e. The zero-order valence-corrected chi connectivity index (χ0v) is 24.4. The number of hydrogen-bond acceptors (Lipinski definition) is 4. The number of alkyl carbamates (subject to hydrolysis) is 1. The van der Waals surface area contributed by atoms with Gasteiger partial charge in [0, 0.05) is 12.6 Å². The number of ether oxygens (including phenoxy) is 1. The molecule has 0 aromatic heterocycles. The molecule has 0 aliphatic carbocycles. The van der Waals surface area contributed by atoms with E-state index in [0.29, 0.717) is 13.0 Å². The highest BCUT2D eigenvalue weighted by atomic mass is 16.6. The van der Waals surface area contributed by atoms with E-state index in [0.717, 1.165) is 22.3 Å². The van der Waals surface area contributed by atoms with Crippen molar-refractivity contribution < 1.29 is 19.1 Å². The zero-order chi connectivity index (χ0) is 28.6. The molecule has 2 N–H and O–H groups in total. The Balaban J connectivity index is 2.54. The van der Waals surface area contributed by atoms with Crippen molar-refractivity contribution in [1.29, 1.82) is 0 Å². The second kappa shape index (κ2) is 13.4. The molecule has 0 saturated heterocycles. The van der Waals surface area contributed by atoms with Crippen LogP contribution in [-0.2, 0) is 20.9 Å². The van der Waals surface area contributed by atoms with Crippen molar-refractivity contribution >= 4 is 17.9 Å². The maximum Gasteiger partial charge on any atom is 0.408 e. The van der Waals surface area contributed by atoms with Crippen LogP contribution in [0.2, 0.25) is 0 Å². The largest absolute Gasteiger partial charge is 0.444 e. The summed E-state index contributed by atoms with van der Waals surface area (Å²) >= 11 is 0. The third kappa shape index (κ3) is 8.61. The van der Waals surface area contributed by atoms with Crippen LogP contribution in [0.3, 0.4) is 0 Å². The molecule has 0 saturated carbocycles.